The topological polar surface area (TPSA) is 58.0 Å². The molecule has 0 aliphatic rings. The molecular formula is C8H13N3O. The minimum atomic E-state index is -0.557. The largest absolute Gasteiger partial charge is 0.385 e. The Labute approximate surface area is 71.7 Å². The van der Waals surface area contributed by atoms with Gasteiger partial charge in [-0.1, -0.05) is 6.92 Å². The Morgan fingerprint density at radius 3 is 3.00 bits per heavy atom. The first-order valence-electron chi connectivity index (χ1n) is 3.99. The van der Waals surface area contributed by atoms with Gasteiger partial charge in [-0.15, -0.1) is 0 Å². The number of nitrogens with zero attached hydrogens (tertiary/aromatic N) is 2. The summed E-state index contributed by atoms with van der Waals surface area (Å²) in [5.74, 6) is 0. The molecule has 2 N–H and O–H groups in total. The molecule has 1 aromatic rings. The van der Waals surface area contributed by atoms with Gasteiger partial charge in [0.25, 0.3) is 0 Å². The van der Waals surface area contributed by atoms with Crippen LogP contribution >= 0.6 is 0 Å². The van der Waals surface area contributed by atoms with Crippen molar-refractivity contribution in [3.8, 4) is 0 Å². The van der Waals surface area contributed by atoms with Gasteiger partial charge in [0.05, 0.1) is 11.9 Å². The van der Waals surface area contributed by atoms with Gasteiger partial charge in [0.2, 0.25) is 0 Å². The molecule has 12 heavy (non-hydrogen) atoms. The molecule has 0 amide bonds. The molecule has 0 aliphatic heterocycles. The highest BCUT2D eigenvalue weighted by molar-refractivity contribution is 4.99. The van der Waals surface area contributed by atoms with Crippen LogP contribution < -0.4 is 5.32 Å². The molecule has 0 fully saturated rings. The van der Waals surface area contributed by atoms with E-state index in [4.69, 9.17) is 0 Å². The Bertz CT molecular complexity index is 215. The summed E-state index contributed by atoms with van der Waals surface area (Å²) in [5, 5.41) is 12.5. The predicted octanol–water partition coefficient (Wildman–Crippen LogP) is 0.120. The summed E-state index contributed by atoms with van der Waals surface area (Å²) < 4.78 is 0. The zero-order chi connectivity index (χ0) is 8.81. The van der Waals surface area contributed by atoms with Crippen LogP contribution in [0.5, 0.6) is 0 Å². The monoisotopic (exact) mass is 167 g/mol. The number of nitrogens with one attached hydrogen (secondary N) is 1. The number of hydrogen-bond donors (Lipinski definition) is 2. The van der Waals surface area contributed by atoms with Crippen LogP contribution in [0.3, 0.4) is 0 Å². The van der Waals surface area contributed by atoms with E-state index < -0.39 is 6.10 Å². The van der Waals surface area contributed by atoms with Crippen molar-refractivity contribution < 1.29 is 5.11 Å². The SMILES string of the molecule is CCNCC(O)c1cnccn1. The van der Waals surface area contributed by atoms with Crippen LogP contribution in [0.2, 0.25) is 0 Å². The van der Waals surface area contributed by atoms with E-state index in [1.165, 1.54) is 0 Å². The van der Waals surface area contributed by atoms with E-state index in [2.05, 4.69) is 15.3 Å². The second kappa shape index (κ2) is 4.79. The molecule has 1 unspecified atom stereocenters. The highest BCUT2D eigenvalue weighted by Gasteiger charge is 2.06. The lowest BCUT2D eigenvalue weighted by Crippen LogP contribution is -2.21. The number of likely N-dealkylation sites (N-methyl/N-ethyl adjacent to an activating group) is 1. The Balaban J connectivity index is 2.48. The standard InChI is InChI=1S/C8H13N3O/c1-2-9-6-8(12)7-5-10-3-4-11-7/h3-5,8-9,12H,2,6H2,1H3. The molecule has 1 rings (SSSR count). The third-order valence-electron chi connectivity index (χ3n) is 1.51. The quantitative estimate of drug-likeness (QED) is 0.668. The Morgan fingerprint density at radius 1 is 1.58 bits per heavy atom. The van der Waals surface area contributed by atoms with Gasteiger partial charge in [-0.05, 0) is 6.54 Å². The van der Waals surface area contributed by atoms with E-state index >= 15 is 0 Å². The molecule has 0 radical (unpaired) electrons. The number of aromatic nitrogens is 2. The van der Waals surface area contributed by atoms with Crippen LogP contribution in [0.1, 0.15) is 18.7 Å². The van der Waals surface area contributed by atoms with Crippen molar-refractivity contribution in [2.45, 2.75) is 13.0 Å². The highest BCUT2D eigenvalue weighted by Crippen LogP contribution is 2.04. The van der Waals surface area contributed by atoms with Gasteiger partial charge in [0.15, 0.2) is 0 Å². The summed E-state index contributed by atoms with van der Waals surface area (Å²) in [5.41, 5.74) is 0.610. The number of hydrogen-bond acceptors (Lipinski definition) is 4. The highest BCUT2D eigenvalue weighted by atomic mass is 16.3. The van der Waals surface area contributed by atoms with Crippen LogP contribution in [0, 0.1) is 0 Å². The Kier molecular flexibility index (Phi) is 3.63. The van der Waals surface area contributed by atoms with Crippen molar-refractivity contribution >= 4 is 0 Å². The van der Waals surface area contributed by atoms with Gasteiger partial charge in [-0.25, -0.2) is 0 Å². The molecule has 1 heterocycles. The first-order chi connectivity index (χ1) is 5.84. The van der Waals surface area contributed by atoms with Crippen molar-refractivity contribution in [3.05, 3.63) is 24.3 Å². The molecule has 1 atom stereocenters. The summed E-state index contributed by atoms with van der Waals surface area (Å²) in [4.78, 5) is 7.84. The summed E-state index contributed by atoms with van der Waals surface area (Å²) >= 11 is 0. The van der Waals surface area contributed by atoms with E-state index in [1.54, 1.807) is 18.6 Å². The fourth-order valence-corrected chi connectivity index (χ4v) is 0.868. The third-order valence-corrected chi connectivity index (χ3v) is 1.51. The predicted molar refractivity (Wildman–Crippen MR) is 45.5 cm³/mol. The molecule has 0 spiro atoms. The van der Waals surface area contributed by atoms with Crippen LogP contribution in [0.4, 0.5) is 0 Å². The second-order valence-electron chi connectivity index (χ2n) is 2.45. The fourth-order valence-electron chi connectivity index (χ4n) is 0.868. The summed E-state index contributed by atoms with van der Waals surface area (Å²) in [6, 6.07) is 0. The Hall–Kier alpha value is -1.00. The first kappa shape index (κ1) is 9.09. The minimum Gasteiger partial charge on any atom is -0.385 e. The average Bonchev–Trinajstić information content (AvgIpc) is 2.15. The summed E-state index contributed by atoms with van der Waals surface area (Å²) in [6.45, 7) is 3.36. The van der Waals surface area contributed by atoms with Gasteiger partial charge in [-0.3, -0.25) is 9.97 Å². The number of aliphatic hydroxyl groups excluding tert-OH is 1. The van der Waals surface area contributed by atoms with Crippen molar-refractivity contribution in [1.82, 2.24) is 15.3 Å². The lowest BCUT2D eigenvalue weighted by molar-refractivity contribution is 0.170. The van der Waals surface area contributed by atoms with E-state index in [1.807, 2.05) is 6.92 Å². The maximum atomic E-state index is 9.49. The van der Waals surface area contributed by atoms with E-state index in [-0.39, 0.29) is 0 Å². The molecule has 66 valence electrons. The summed E-state index contributed by atoms with van der Waals surface area (Å²) in [7, 11) is 0. The smallest absolute Gasteiger partial charge is 0.110 e. The number of rotatable bonds is 4. The van der Waals surface area contributed by atoms with Crippen LogP contribution in [-0.2, 0) is 0 Å². The second-order valence-corrected chi connectivity index (χ2v) is 2.45. The molecule has 0 saturated heterocycles. The van der Waals surface area contributed by atoms with Crippen molar-refractivity contribution in [2.75, 3.05) is 13.1 Å². The molecule has 0 aromatic carbocycles. The van der Waals surface area contributed by atoms with Gasteiger partial charge in [0.1, 0.15) is 6.10 Å². The van der Waals surface area contributed by atoms with Gasteiger partial charge < -0.3 is 10.4 Å². The maximum Gasteiger partial charge on any atom is 0.110 e. The van der Waals surface area contributed by atoms with Gasteiger partial charge in [-0.2, -0.15) is 0 Å². The minimum absolute atomic E-state index is 0.523. The third kappa shape index (κ3) is 2.56. The van der Waals surface area contributed by atoms with Gasteiger partial charge in [0, 0.05) is 18.9 Å². The maximum absolute atomic E-state index is 9.49. The zero-order valence-electron chi connectivity index (χ0n) is 7.07. The van der Waals surface area contributed by atoms with E-state index in [0.29, 0.717) is 12.2 Å². The molecule has 1 aromatic heterocycles. The van der Waals surface area contributed by atoms with Crippen molar-refractivity contribution in [2.24, 2.45) is 0 Å². The normalized spacial score (nSPS) is 12.8. The fraction of sp³-hybridized carbons (Fsp3) is 0.500. The Morgan fingerprint density at radius 2 is 2.42 bits per heavy atom. The molecule has 0 saturated carbocycles. The van der Waals surface area contributed by atoms with Gasteiger partial charge >= 0.3 is 0 Å². The lowest BCUT2D eigenvalue weighted by Gasteiger charge is -2.08. The molecule has 4 nitrogen and oxygen atoms in total. The zero-order valence-corrected chi connectivity index (χ0v) is 7.07. The molecule has 0 aliphatic carbocycles. The van der Waals surface area contributed by atoms with Crippen molar-refractivity contribution in [1.29, 1.82) is 0 Å². The summed E-state index contributed by atoms with van der Waals surface area (Å²) in [6.07, 6.45) is 4.18. The van der Waals surface area contributed by atoms with Crippen LogP contribution in [0.25, 0.3) is 0 Å². The molecule has 0 bridgehead atoms. The van der Waals surface area contributed by atoms with E-state index in [9.17, 15) is 5.11 Å². The van der Waals surface area contributed by atoms with Crippen LogP contribution in [0.15, 0.2) is 18.6 Å². The van der Waals surface area contributed by atoms with E-state index in [0.717, 1.165) is 6.54 Å². The molecule has 4 heteroatoms. The molecular weight excluding hydrogens is 154 g/mol. The number of aliphatic hydroxyl groups is 1. The average molecular weight is 167 g/mol. The van der Waals surface area contributed by atoms with Crippen LogP contribution in [-0.4, -0.2) is 28.2 Å². The first-order valence-corrected chi connectivity index (χ1v) is 3.99. The lowest BCUT2D eigenvalue weighted by atomic mass is 10.2. The van der Waals surface area contributed by atoms with Crippen molar-refractivity contribution in [3.63, 3.8) is 0 Å².